The number of carbonyl (C=O) groups excluding carboxylic acids is 1. The van der Waals surface area contributed by atoms with Gasteiger partial charge in [0.25, 0.3) is 5.56 Å². The second-order valence-corrected chi connectivity index (χ2v) is 7.32. The van der Waals surface area contributed by atoms with Gasteiger partial charge in [-0.25, -0.2) is 4.98 Å². The van der Waals surface area contributed by atoms with Crippen LogP contribution in [0, 0.1) is 11.3 Å². The number of nitrogens with zero attached hydrogens (tertiary/aromatic N) is 3. The van der Waals surface area contributed by atoms with Crippen molar-refractivity contribution >= 4 is 33.1 Å². The number of para-hydroxylation sites is 1. The molecule has 7 heteroatoms. The number of aromatic nitrogens is 2. The molecule has 130 valence electrons. The number of benzene rings is 1. The second-order valence-electron chi connectivity index (χ2n) is 6.24. The van der Waals surface area contributed by atoms with Crippen molar-refractivity contribution in [2.24, 2.45) is 0 Å². The average molecular weight is 364 g/mol. The molecule has 1 aromatic carbocycles. The predicted octanol–water partition coefficient (Wildman–Crippen LogP) is 2.85. The van der Waals surface area contributed by atoms with Crippen molar-refractivity contribution in [3.05, 3.63) is 57.0 Å². The molecule has 3 aromatic rings. The van der Waals surface area contributed by atoms with Gasteiger partial charge in [-0.05, 0) is 37.0 Å². The summed E-state index contributed by atoms with van der Waals surface area (Å²) >= 11 is 1.61. The molecule has 0 bridgehead atoms. The molecule has 6 nitrogen and oxygen atoms in total. The second kappa shape index (κ2) is 6.73. The van der Waals surface area contributed by atoms with Gasteiger partial charge in [0.05, 0.1) is 23.0 Å². The number of hydrogen-bond acceptors (Lipinski definition) is 5. The van der Waals surface area contributed by atoms with E-state index in [-0.39, 0.29) is 24.4 Å². The first-order valence-corrected chi connectivity index (χ1v) is 9.27. The third-order valence-corrected chi connectivity index (χ3v) is 5.79. The van der Waals surface area contributed by atoms with E-state index in [1.165, 1.54) is 15.8 Å². The highest BCUT2D eigenvalue weighted by molar-refractivity contribution is 7.18. The van der Waals surface area contributed by atoms with Crippen LogP contribution in [-0.2, 0) is 24.2 Å². The Kier molecular flexibility index (Phi) is 4.27. The van der Waals surface area contributed by atoms with Gasteiger partial charge in [0, 0.05) is 17.8 Å². The van der Waals surface area contributed by atoms with Crippen molar-refractivity contribution in [1.82, 2.24) is 9.55 Å². The van der Waals surface area contributed by atoms with E-state index < -0.39 is 0 Å². The summed E-state index contributed by atoms with van der Waals surface area (Å²) in [5.41, 5.74) is 1.97. The van der Waals surface area contributed by atoms with Crippen LogP contribution in [0.2, 0.25) is 0 Å². The first kappa shape index (κ1) is 16.5. The summed E-state index contributed by atoms with van der Waals surface area (Å²) in [7, 11) is 0. The standard InChI is InChI=1S/C19H16N4O2S/c20-10-12-4-1-2-6-14(12)22-16(24)8-9-23-11-21-18-17(19(23)25)13-5-3-7-15(13)26-18/h1-2,4,6,11H,3,5,7-9H2,(H,22,24). The first-order valence-electron chi connectivity index (χ1n) is 8.46. The Morgan fingerprint density at radius 1 is 1.35 bits per heavy atom. The molecule has 0 atom stereocenters. The van der Waals surface area contributed by atoms with Crippen molar-refractivity contribution in [2.45, 2.75) is 32.2 Å². The van der Waals surface area contributed by atoms with Crippen molar-refractivity contribution in [3.63, 3.8) is 0 Å². The maximum Gasteiger partial charge on any atom is 0.262 e. The van der Waals surface area contributed by atoms with Crippen molar-refractivity contribution in [2.75, 3.05) is 5.32 Å². The number of nitriles is 1. The molecule has 0 spiro atoms. The van der Waals surface area contributed by atoms with E-state index in [1.54, 1.807) is 35.6 Å². The van der Waals surface area contributed by atoms with Gasteiger partial charge in [-0.1, -0.05) is 12.1 Å². The van der Waals surface area contributed by atoms with Crippen molar-refractivity contribution < 1.29 is 4.79 Å². The highest BCUT2D eigenvalue weighted by Gasteiger charge is 2.21. The number of anilines is 1. The summed E-state index contributed by atoms with van der Waals surface area (Å²) in [5.74, 6) is -0.241. The fourth-order valence-corrected chi connectivity index (χ4v) is 4.52. The van der Waals surface area contributed by atoms with Crippen LogP contribution in [0.4, 0.5) is 5.69 Å². The lowest BCUT2D eigenvalue weighted by molar-refractivity contribution is -0.116. The van der Waals surface area contributed by atoms with E-state index in [0.717, 1.165) is 35.0 Å². The maximum atomic E-state index is 12.8. The lowest BCUT2D eigenvalue weighted by Crippen LogP contribution is -2.24. The highest BCUT2D eigenvalue weighted by Crippen LogP contribution is 2.34. The molecule has 0 saturated heterocycles. The zero-order chi connectivity index (χ0) is 18.1. The van der Waals surface area contributed by atoms with Crippen molar-refractivity contribution in [1.29, 1.82) is 5.26 Å². The number of nitrogens with one attached hydrogen (secondary N) is 1. The lowest BCUT2D eigenvalue weighted by atomic mass is 10.2. The van der Waals surface area contributed by atoms with Crippen LogP contribution in [-0.4, -0.2) is 15.5 Å². The lowest BCUT2D eigenvalue weighted by Gasteiger charge is -2.08. The Morgan fingerprint density at radius 2 is 2.19 bits per heavy atom. The quantitative estimate of drug-likeness (QED) is 0.771. The largest absolute Gasteiger partial charge is 0.325 e. The molecule has 1 amide bonds. The van der Waals surface area contributed by atoms with Crippen LogP contribution in [0.1, 0.15) is 28.8 Å². The van der Waals surface area contributed by atoms with E-state index >= 15 is 0 Å². The molecule has 26 heavy (non-hydrogen) atoms. The topological polar surface area (TPSA) is 87.8 Å². The molecule has 2 heterocycles. The molecule has 1 aliphatic carbocycles. The molecule has 2 aromatic heterocycles. The maximum absolute atomic E-state index is 12.8. The van der Waals surface area contributed by atoms with E-state index in [9.17, 15) is 9.59 Å². The minimum Gasteiger partial charge on any atom is -0.325 e. The SMILES string of the molecule is N#Cc1ccccc1NC(=O)CCn1cnc2sc3c(c2c1=O)CCC3. The van der Waals surface area contributed by atoms with E-state index in [1.807, 2.05) is 6.07 Å². The smallest absolute Gasteiger partial charge is 0.262 e. The van der Waals surface area contributed by atoms with Crippen LogP contribution >= 0.6 is 11.3 Å². The van der Waals surface area contributed by atoms with Gasteiger partial charge in [0.2, 0.25) is 5.91 Å². The monoisotopic (exact) mass is 364 g/mol. The number of fused-ring (bicyclic) bond motifs is 3. The number of amides is 1. The van der Waals surface area contributed by atoms with Gasteiger partial charge in [0.1, 0.15) is 10.9 Å². The van der Waals surface area contributed by atoms with Crippen LogP contribution in [0.3, 0.4) is 0 Å². The van der Waals surface area contributed by atoms with Gasteiger partial charge in [0.15, 0.2) is 0 Å². The number of thiophene rings is 1. The Hall–Kier alpha value is -2.98. The molecular weight excluding hydrogens is 348 g/mol. The summed E-state index contributed by atoms with van der Waals surface area (Å²) in [6, 6.07) is 8.88. The molecule has 0 aliphatic heterocycles. The average Bonchev–Trinajstić information content (AvgIpc) is 3.22. The first-order chi connectivity index (χ1) is 12.7. The Morgan fingerprint density at radius 3 is 3.04 bits per heavy atom. The van der Waals surface area contributed by atoms with E-state index in [2.05, 4.69) is 10.3 Å². The summed E-state index contributed by atoms with van der Waals surface area (Å²) in [6.07, 6.45) is 4.70. The normalized spacial score (nSPS) is 12.7. The zero-order valence-electron chi connectivity index (χ0n) is 14.0. The van der Waals surface area contributed by atoms with Crippen molar-refractivity contribution in [3.8, 4) is 6.07 Å². The van der Waals surface area contributed by atoms with Crippen LogP contribution in [0.5, 0.6) is 0 Å². The fourth-order valence-electron chi connectivity index (χ4n) is 3.30. The number of aryl methyl sites for hydroxylation is 3. The fraction of sp³-hybridized carbons (Fsp3) is 0.263. The van der Waals surface area contributed by atoms with E-state index in [0.29, 0.717) is 11.3 Å². The molecule has 0 fully saturated rings. The minimum absolute atomic E-state index is 0.0698. The highest BCUT2D eigenvalue weighted by atomic mass is 32.1. The molecular formula is C19H16N4O2S. The van der Waals surface area contributed by atoms with Crippen LogP contribution in [0.25, 0.3) is 10.2 Å². The van der Waals surface area contributed by atoms with Gasteiger partial charge in [-0.2, -0.15) is 5.26 Å². The summed E-state index contributed by atoms with van der Waals surface area (Å²) in [4.78, 5) is 31.5. The van der Waals surface area contributed by atoms with Gasteiger partial charge in [-0.3, -0.25) is 14.2 Å². The third kappa shape index (κ3) is 2.89. The van der Waals surface area contributed by atoms with E-state index in [4.69, 9.17) is 5.26 Å². The zero-order valence-corrected chi connectivity index (χ0v) is 14.8. The molecule has 4 rings (SSSR count). The van der Waals surface area contributed by atoms with Gasteiger partial charge >= 0.3 is 0 Å². The van der Waals surface area contributed by atoms with Gasteiger partial charge < -0.3 is 5.32 Å². The Balaban J connectivity index is 1.51. The summed E-state index contributed by atoms with van der Waals surface area (Å²) in [6.45, 7) is 0.257. The Labute approximate surface area is 153 Å². The summed E-state index contributed by atoms with van der Waals surface area (Å²) in [5, 5.41) is 12.5. The number of hydrogen-bond donors (Lipinski definition) is 1. The minimum atomic E-state index is -0.241. The van der Waals surface area contributed by atoms with Crippen LogP contribution < -0.4 is 10.9 Å². The molecule has 0 radical (unpaired) electrons. The number of rotatable bonds is 4. The van der Waals surface area contributed by atoms with Gasteiger partial charge in [-0.15, -0.1) is 11.3 Å². The predicted molar refractivity (Wildman–Crippen MR) is 100 cm³/mol. The van der Waals surface area contributed by atoms with Crippen LogP contribution in [0.15, 0.2) is 35.4 Å². The molecule has 1 N–H and O–H groups in total. The Bertz CT molecular complexity index is 1110. The molecule has 0 saturated carbocycles. The number of carbonyl (C=O) groups is 1. The molecule has 1 aliphatic rings. The third-order valence-electron chi connectivity index (χ3n) is 4.59. The summed E-state index contributed by atoms with van der Waals surface area (Å²) < 4.78 is 1.50. The molecule has 0 unspecified atom stereocenters.